The minimum Gasteiger partial charge on any atom is -0.395 e. The Morgan fingerprint density at radius 2 is 2.33 bits per heavy atom. The van der Waals surface area contributed by atoms with E-state index in [-0.39, 0.29) is 6.61 Å². The van der Waals surface area contributed by atoms with E-state index in [4.69, 9.17) is 9.84 Å². The van der Waals surface area contributed by atoms with Crippen molar-refractivity contribution in [2.24, 2.45) is 0 Å². The molecule has 0 spiro atoms. The molecule has 0 aromatic carbocycles. The Morgan fingerprint density at radius 3 is 3.07 bits per heavy atom. The van der Waals surface area contributed by atoms with Crippen molar-refractivity contribution in [1.29, 1.82) is 0 Å². The molecule has 2 rings (SSSR count). The van der Waals surface area contributed by atoms with E-state index in [1.54, 1.807) is 0 Å². The first-order chi connectivity index (χ1) is 7.38. The van der Waals surface area contributed by atoms with Gasteiger partial charge in [-0.3, -0.25) is 4.90 Å². The summed E-state index contributed by atoms with van der Waals surface area (Å²) in [6, 6.07) is 0.568. The van der Waals surface area contributed by atoms with Crippen LogP contribution < -0.4 is 5.32 Å². The standard InChI is InChI=1S/C11H22N2O2/c14-6-4-12-10-3-5-13(8-10)9-11-2-1-7-15-11/h10-12,14H,1-9H2. The molecule has 2 unspecified atom stereocenters. The largest absolute Gasteiger partial charge is 0.395 e. The third-order valence-electron chi connectivity index (χ3n) is 3.30. The van der Waals surface area contributed by atoms with Gasteiger partial charge in [-0.15, -0.1) is 0 Å². The minimum absolute atomic E-state index is 0.238. The van der Waals surface area contributed by atoms with Crippen molar-refractivity contribution in [3.63, 3.8) is 0 Å². The average Bonchev–Trinajstić information content (AvgIpc) is 2.87. The third kappa shape index (κ3) is 3.41. The van der Waals surface area contributed by atoms with Crippen LogP contribution in [0.25, 0.3) is 0 Å². The van der Waals surface area contributed by atoms with Gasteiger partial charge in [0.2, 0.25) is 0 Å². The molecule has 0 aromatic heterocycles. The van der Waals surface area contributed by atoms with Crippen molar-refractivity contribution in [1.82, 2.24) is 10.2 Å². The smallest absolute Gasteiger partial charge is 0.0702 e. The molecule has 15 heavy (non-hydrogen) atoms. The molecule has 2 heterocycles. The number of nitrogens with one attached hydrogen (secondary N) is 1. The molecular formula is C11H22N2O2. The summed E-state index contributed by atoms with van der Waals surface area (Å²) in [6.45, 7) is 5.28. The molecule has 0 aliphatic carbocycles. The van der Waals surface area contributed by atoms with E-state index in [0.717, 1.165) is 26.2 Å². The van der Waals surface area contributed by atoms with Crippen molar-refractivity contribution in [3.8, 4) is 0 Å². The van der Waals surface area contributed by atoms with E-state index in [1.807, 2.05) is 0 Å². The Morgan fingerprint density at radius 1 is 1.40 bits per heavy atom. The second kappa shape index (κ2) is 5.80. The Bertz CT molecular complexity index is 183. The Hall–Kier alpha value is -0.160. The Labute approximate surface area is 91.6 Å². The molecule has 88 valence electrons. The number of hydrogen-bond acceptors (Lipinski definition) is 4. The highest BCUT2D eigenvalue weighted by Crippen LogP contribution is 2.16. The Kier molecular flexibility index (Phi) is 4.38. The first-order valence-electron chi connectivity index (χ1n) is 6.06. The number of aliphatic hydroxyl groups is 1. The van der Waals surface area contributed by atoms with Crippen LogP contribution in [0.2, 0.25) is 0 Å². The van der Waals surface area contributed by atoms with E-state index >= 15 is 0 Å². The van der Waals surface area contributed by atoms with E-state index < -0.39 is 0 Å². The summed E-state index contributed by atoms with van der Waals surface area (Å²) in [7, 11) is 0. The fraction of sp³-hybridized carbons (Fsp3) is 1.00. The van der Waals surface area contributed by atoms with Crippen molar-refractivity contribution in [2.75, 3.05) is 39.4 Å². The van der Waals surface area contributed by atoms with Crippen LogP contribution in [0.4, 0.5) is 0 Å². The maximum Gasteiger partial charge on any atom is 0.0702 e. The first kappa shape index (κ1) is 11.3. The number of nitrogens with zero attached hydrogens (tertiary/aromatic N) is 1. The quantitative estimate of drug-likeness (QED) is 0.666. The number of hydrogen-bond donors (Lipinski definition) is 2. The highest BCUT2D eigenvalue weighted by atomic mass is 16.5. The fourth-order valence-corrected chi connectivity index (χ4v) is 2.51. The number of aliphatic hydroxyl groups excluding tert-OH is 1. The van der Waals surface area contributed by atoms with Gasteiger partial charge in [0, 0.05) is 32.3 Å². The van der Waals surface area contributed by atoms with Crippen LogP contribution in [-0.2, 0) is 4.74 Å². The van der Waals surface area contributed by atoms with Gasteiger partial charge >= 0.3 is 0 Å². The molecule has 2 atom stereocenters. The molecule has 2 saturated heterocycles. The normalized spacial score (nSPS) is 32.6. The second-order valence-corrected chi connectivity index (χ2v) is 4.56. The topological polar surface area (TPSA) is 44.7 Å². The lowest BCUT2D eigenvalue weighted by Crippen LogP contribution is -2.36. The predicted molar refractivity (Wildman–Crippen MR) is 58.9 cm³/mol. The highest BCUT2D eigenvalue weighted by molar-refractivity contribution is 4.83. The molecule has 4 heteroatoms. The minimum atomic E-state index is 0.238. The maximum absolute atomic E-state index is 8.73. The number of ether oxygens (including phenoxy) is 1. The molecule has 0 aromatic rings. The van der Waals surface area contributed by atoms with E-state index in [9.17, 15) is 0 Å². The highest BCUT2D eigenvalue weighted by Gasteiger charge is 2.25. The zero-order valence-electron chi connectivity index (χ0n) is 9.32. The SMILES string of the molecule is OCCNC1CCN(CC2CCCO2)C1. The van der Waals surface area contributed by atoms with Crippen LogP contribution in [0.3, 0.4) is 0 Å². The van der Waals surface area contributed by atoms with Crippen LogP contribution in [0, 0.1) is 0 Å². The van der Waals surface area contributed by atoms with Gasteiger partial charge in [0.25, 0.3) is 0 Å². The average molecular weight is 214 g/mol. The van der Waals surface area contributed by atoms with Gasteiger partial charge in [0.1, 0.15) is 0 Å². The zero-order chi connectivity index (χ0) is 10.5. The maximum atomic E-state index is 8.73. The lowest BCUT2D eigenvalue weighted by atomic mass is 10.2. The van der Waals surface area contributed by atoms with E-state index in [0.29, 0.717) is 12.1 Å². The predicted octanol–water partition coefficient (Wildman–Crippen LogP) is -0.178. The molecule has 0 saturated carbocycles. The van der Waals surface area contributed by atoms with Crippen LogP contribution in [0.1, 0.15) is 19.3 Å². The zero-order valence-corrected chi connectivity index (χ0v) is 9.32. The number of rotatable bonds is 5. The van der Waals surface area contributed by atoms with Gasteiger partial charge in [-0.05, 0) is 25.8 Å². The van der Waals surface area contributed by atoms with Gasteiger partial charge in [0.05, 0.1) is 12.7 Å². The molecule has 0 radical (unpaired) electrons. The first-order valence-corrected chi connectivity index (χ1v) is 6.06. The summed E-state index contributed by atoms with van der Waals surface area (Å²) in [5.41, 5.74) is 0. The van der Waals surface area contributed by atoms with Gasteiger partial charge in [-0.1, -0.05) is 0 Å². The molecule has 4 nitrogen and oxygen atoms in total. The molecule has 2 aliphatic rings. The monoisotopic (exact) mass is 214 g/mol. The second-order valence-electron chi connectivity index (χ2n) is 4.56. The summed E-state index contributed by atoms with van der Waals surface area (Å²) < 4.78 is 5.63. The van der Waals surface area contributed by atoms with E-state index in [1.165, 1.54) is 25.8 Å². The molecule has 2 N–H and O–H groups in total. The van der Waals surface area contributed by atoms with Crippen molar-refractivity contribution < 1.29 is 9.84 Å². The molecule has 2 aliphatic heterocycles. The molecule has 2 fully saturated rings. The summed E-state index contributed by atoms with van der Waals surface area (Å²) in [6.07, 6.45) is 4.13. The van der Waals surface area contributed by atoms with Crippen LogP contribution >= 0.6 is 0 Å². The molecular weight excluding hydrogens is 192 g/mol. The van der Waals surface area contributed by atoms with Gasteiger partial charge in [0.15, 0.2) is 0 Å². The van der Waals surface area contributed by atoms with Crippen molar-refractivity contribution in [2.45, 2.75) is 31.4 Å². The van der Waals surface area contributed by atoms with Crippen molar-refractivity contribution >= 4 is 0 Å². The van der Waals surface area contributed by atoms with Gasteiger partial charge in [-0.25, -0.2) is 0 Å². The summed E-state index contributed by atoms with van der Waals surface area (Å²) in [5.74, 6) is 0. The fourth-order valence-electron chi connectivity index (χ4n) is 2.51. The third-order valence-corrected chi connectivity index (χ3v) is 3.30. The summed E-state index contributed by atoms with van der Waals surface area (Å²) in [4.78, 5) is 2.48. The van der Waals surface area contributed by atoms with Gasteiger partial charge in [-0.2, -0.15) is 0 Å². The lowest BCUT2D eigenvalue weighted by molar-refractivity contribution is 0.0800. The lowest BCUT2D eigenvalue weighted by Gasteiger charge is -2.20. The Balaban J connectivity index is 1.63. The van der Waals surface area contributed by atoms with Crippen LogP contribution in [-0.4, -0.2) is 61.5 Å². The molecule has 0 amide bonds. The summed E-state index contributed by atoms with van der Waals surface area (Å²) in [5, 5.41) is 12.1. The number of likely N-dealkylation sites (tertiary alicyclic amines) is 1. The molecule has 0 bridgehead atoms. The summed E-state index contributed by atoms with van der Waals surface area (Å²) >= 11 is 0. The van der Waals surface area contributed by atoms with Gasteiger partial charge < -0.3 is 15.2 Å². The van der Waals surface area contributed by atoms with Crippen LogP contribution in [0.15, 0.2) is 0 Å². The van der Waals surface area contributed by atoms with Crippen molar-refractivity contribution in [3.05, 3.63) is 0 Å². The van der Waals surface area contributed by atoms with Crippen LogP contribution in [0.5, 0.6) is 0 Å². The van der Waals surface area contributed by atoms with E-state index in [2.05, 4.69) is 10.2 Å².